The molecule has 0 bridgehead atoms. The van der Waals surface area contributed by atoms with E-state index in [1.165, 1.54) is 0 Å². The van der Waals surface area contributed by atoms with E-state index in [1.54, 1.807) is 25.3 Å². The number of aliphatic imine (C=N–C) groups is 1. The van der Waals surface area contributed by atoms with Crippen molar-refractivity contribution in [3.05, 3.63) is 69.2 Å². The Bertz CT molecular complexity index is 1120. The molecule has 0 saturated heterocycles. The van der Waals surface area contributed by atoms with Gasteiger partial charge in [-0.1, -0.05) is 67.2 Å². The molecule has 1 aliphatic rings. The number of carbonyl (C=O) groups is 1. The average molecular weight is 562 g/mol. The molecule has 0 aliphatic heterocycles. The van der Waals surface area contributed by atoms with Crippen molar-refractivity contribution in [2.45, 2.75) is 69.7 Å². The molecule has 1 fully saturated rings. The van der Waals surface area contributed by atoms with Crippen LogP contribution in [0.25, 0.3) is 0 Å². The van der Waals surface area contributed by atoms with Crippen molar-refractivity contribution in [3.63, 3.8) is 0 Å². The van der Waals surface area contributed by atoms with Crippen LogP contribution in [0.15, 0.2) is 52.6 Å². The van der Waals surface area contributed by atoms with Gasteiger partial charge in [-0.2, -0.15) is 5.10 Å². The van der Waals surface area contributed by atoms with Crippen LogP contribution in [0.5, 0.6) is 0 Å². The van der Waals surface area contributed by atoms with E-state index >= 15 is 0 Å². The molecule has 3 unspecified atom stereocenters. The van der Waals surface area contributed by atoms with Crippen LogP contribution < -0.4 is 17.1 Å². The fourth-order valence-electron chi connectivity index (χ4n) is 5.41. The number of hydrazone groups is 1. The van der Waals surface area contributed by atoms with Crippen molar-refractivity contribution in [3.8, 4) is 0 Å². The number of rotatable bonds is 12. The maximum atomic E-state index is 12.4. The number of hydrogen-bond donors (Lipinski definition) is 3. The lowest BCUT2D eigenvalue weighted by Gasteiger charge is -2.49. The van der Waals surface area contributed by atoms with Crippen LogP contribution in [0.2, 0.25) is 10.0 Å². The van der Waals surface area contributed by atoms with Crippen LogP contribution in [0, 0.1) is 0 Å². The van der Waals surface area contributed by atoms with Gasteiger partial charge in [0, 0.05) is 35.2 Å². The van der Waals surface area contributed by atoms with E-state index in [0.29, 0.717) is 33.6 Å². The summed E-state index contributed by atoms with van der Waals surface area (Å²) in [5.41, 5.74) is 10.5. The molecule has 5 N–H and O–H groups in total. The van der Waals surface area contributed by atoms with Crippen molar-refractivity contribution in [2.24, 2.45) is 21.7 Å². The molecule has 3 rings (SSSR count). The SMILES string of the molecule is CCCC(c1ccc(C/C(N)=N/NN)cc1)N(C)C1(/N=C(\C=O)c2cc(Cl)cc(Cl)c2)CCCCC1OC. The topological polar surface area (TPSA) is 118 Å². The summed E-state index contributed by atoms with van der Waals surface area (Å²) >= 11 is 12.5. The summed E-state index contributed by atoms with van der Waals surface area (Å²) in [5.74, 6) is 5.64. The first-order chi connectivity index (χ1) is 18.3. The first kappa shape index (κ1) is 30.1. The summed E-state index contributed by atoms with van der Waals surface area (Å²) in [6.45, 7) is 2.17. The highest BCUT2D eigenvalue weighted by Crippen LogP contribution is 2.42. The van der Waals surface area contributed by atoms with Gasteiger partial charge in [-0.25, -0.2) is 11.4 Å². The normalized spacial score (nSPS) is 21.4. The molecule has 38 heavy (non-hydrogen) atoms. The number of hydrazine groups is 1. The van der Waals surface area contributed by atoms with Gasteiger partial charge in [0.05, 0.1) is 6.10 Å². The molecule has 0 spiro atoms. The number of nitrogens with one attached hydrogen (secondary N) is 1. The number of halogens is 2. The molecule has 206 valence electrons. The van der Waals surface area contributed by atoms with Gasteiger partial charge < -0.3 is 10.5 Å². The minimum absolute atomic E-state index is 0.0427. The predicted octanol–water partition coefficient (Wildman–Crippen LogP) is 5.02. The number of benzene rings is 2. The quantitative estimate of drug-likeness (QED) is 0.110. The number of nitrogens with zero attached hydrogens (tertiary/aromatic N) is 3. The molecular formula is C28H38Cl2N6O2. The molecule has 0 amide bonds. The van der Waals surface area contributed by atoms with Gasteiger partial charge in [0.1, 0.15) is 17.2 Å². The van der Waals surface area contributed by atoms with Crippen molar-refractivity contribution in [1.82, 2.24) is 10.4 Å². The van der Waals surface area contributed by atoms with Gasteiger partial charge >= 0.3 is 0 Å². The third-order valence-electron chi connectivity index (χ3n) is 7.24. The summed E-state index contributed by atoms with van der Waals surface area (Å²) in [4.78, 5) is 19.9. The maximum absolute atomic E-state index is 12.4. The third-order valence-corrected chi connectivity index (χ3v) is 7.68. The second kappa shape index (κ2) is 14.1. The van der Waals surface area contributed by atoms with Gasteiger partial charge in [0.25, 0.3) is 0 Å². The van der Waals surface area contributed by atoms with Gasteiger partial charge in [0.2, 0.25) is 0 Å². The number of likely N-dealkylation sites (N-methyl/N-ethyl adjacent to an activating group) is 1. The van der Waals surface area contributed by atoms with Crippen LogP contribution in [-0.2, 0) is 16.0 Å². The number of amidine groups is 1. The Hall–Kier alpha value is -2.49. The molecule has 2 aromatic rings. The third kappa shape index (κ3) is 7.12. The molecule has 1 aliphatic carbocycles. The van der Waals surface area contributed by atoms with Crippen LogP contribution in [0.3, 0.4) is 0 Å². The first-order valence-corrected chi connectivity index (χ1v) is 13.7. The first-order valence-electron chi connectivity index (χ1n) is 12.9. The molecule has 1 saturated carbocycles. The largest absolute Gasteiger partial charge is 0.385 e. The zero-order valence-electron chi connectivity index (χ0n) is 22.3. The summed E-state index contributed by atoms with van der Waals surface area (Å²) in [6.07, 6.45) is 6.57. The summed E-state index contributed by atoms with van der Waals surface area (Å²) in [5, 5.41) is 4.74. The van der Waals surface area contributed by atoms with Crippen molar-refractivity contribution in [2.75, 3.05) is 14.2 Å². The monoisotopic (exact) mass is 560 g/mol. The van der Waals surface area contributed by atoms with Gasteiger partial charge in [0.15, 0.2) is 6.29 Å². The lowest BCUT2D eigenvalue weighted by Crippen LogP contribution is -2.57. The molecule has 0 heterocycles. The van der Waals surface area contributed by atoms with E-state index < -0.39 is 5.66 Å². The number of hydrogen-bond acceptors (Lipinski definition) is 7. The second-order valence-electron chi connectivity index (χ2n) is 9.69. The molecular weight excluding hydrogens is 523 g/mol. The van der Waals surface area contributed by atoms with Gasteiger partial charge in [-0.3, -0.25) is 14.7 Å². The minimum Gasteiger partial charge on any atom is -0.385 e. The molecule has 3 atom stereocenters. The number of methoxy groups -OCH3 is 1. The minimum atomic E-state index is -0.750. The zero-order chi connectivity index (χ0) is 27.7. The Morgan fingerprint density at radius 1 is 1.24 bits per heavy atom. The van der Waals surface area contributed by atoms with Crippen molar-refractivity contribution >= 4 is 41.0 Å². The molecule has 2 aromatic carbocycles. The lowest BCUT2D eigenvalue weighted by atomic mass is 9.82. The zero-order valence-corrected chi connectivity index (χ0v) is 23.8. The fourth-order valence-corrected chi connectivity index (χ4v) is 5.94. The van der Waals surface area contributed by atoms with E-state index in [-0.39, 0.29) is 12.1 Å². The van der Waals surface area contributed by atoms with Crippen LogP contribution in [0.1, 0.15) is 68.2 Å². The average Bonchev–Trinajstić information content (AvgIpc) is 2.90. The lowest BCUT2D eigenvalue weighted by molar-refractivity contribution is -0.103. The molecule has 0 radical (unpaired) electrons. The Morgan fingerprint density at radius 3 is 2.50 bits per heavy atom. The Labute approximate surface area is 235 Å². The van der Waals surface area contributed by atoms with Crippen LogP contribution >= 0.6 is 23.2 Å². The predicted molar refractivity (Wildman–Crippen MR) is 156 cm³/mol. The van der Waals surface area contributed by atoms with Gasteiger partial charge in [-0.05, 0) is 62.1 Å². The summed E-state index contributed by atoms with van der Waals surface area (Å²) < 4.78 is 6.05. The smallest absolute Gasteiger partial charge is 0.168 e. The van der Waals surface area contributed by atoms with Crippen LogP contribution in [0.4, 0.5) is 0 Å². The number of nitrogens with two attached hydrogens (primary N) is 2. The second-order valence-corrected chi connectivity index (χ2v) is 10.6. The van der Waals surface area contributed by atoms with Crippen molar-refractivity contribution in [1.29, 1.82) is 0 Å². The van der Waals surface area contributed by atoms with E-state index in [2.05, 4.69) is 53.8 Å². The Morgan fingerprint density at radius 2 is 1.92 bits per heavy atom. The molecule has 0 aromatic heterocycles. The summed E-state index contributed by atoms with van der Waals surface area (Å²) in [7, 11) is 3.80. The Kier molecular flexibility index (Phi) is 11.1. The molecule has 10 heteroatoms. The van der Waals surface area contributed by atoms with E-state index in [1.807, 2.05) is 0 Å². The fraction of sp³-hybridized carbons (Fsp3) is 0.464. The van der Waals surface area contributed by atoms with Crippen molar-refractivity contribution < 1.29 is 9.53 Å². The summed E-state index contributed by atoms with van der Waals surface area (Å²) in [6, 6.07) is 13.5. The number of aldehydes is 1. The highest BCUT2D eigenvalue weighted by Gasteiger charge is 2.47. The Balaban J connectivity index is 2.07. The van der Waals surface area contributed by atoms with E-state index in [9.17, 15) is 4.79 Å². The van der Waals surface area contributed by atoms with E-state index in [4.69, 9.17) is 44.5 Å². The highest BCUT2D eigenvalue weighted by atomic mass is 35.5. The highest BCUT2D eigenvalue weighted by molar-refractivity contribution is 6.39. The van der Waals surface area contributed by atoms with Gasteiger partial charge in [-0.15, -0.1) is 0 Å². The maximum Gasteiger partial charge on any atom is 0.168 e. The molecule has 8 nitrogen and oxygen atoms in total. The van der Waals surface area contributed by atoms with Crippen LogP contribution in [-0.4, -0.2) is 48.7 Å². The number of carbonyl (C=O) groups excluding carboxylic acids is 1. The van der Waals surface area contributed by atoms with E-state index in [0.717, 1.165) is 55.9 Å². The standard InChI is InChI=1S/C28H38Cl2N6O2/c1-4-7-25(20-11-9-19(10-12-20)14-27(31)34-35-32)36(2)28(13-6-5-8-26(28)38-3)33-24(18-37)21-15-22(29)17-23(30)16-21/h9-12,15-18,25-26,35H,4-8,13-14,32H2,1-3H3,(H2,31,34)/b33-24+. The number of ether oxygens (including phenoxy) is 1.